The van der Waals surface area contributed by atoms with Crippen molar-refractivity contribution < 1.29 is 0 Å². The van der Waals surface area contributed by atoms with Gasteiger partial charge in [0, 0.05) is 24.2 Å². The van der Waals surface area contributed by atoms with Crippen LogP contribution in [0.3, 0.4) is 0 Å². The molecule has 1 aliphatic rings. The first-order chi connectivity index (χ1) is 13.8. The second-order valence-electron chi connectivity index (χ2n) is 7.11. The fraction of sp³-hybridized carbons (Fsp3) is 0.280. The number of rotatable bonds is 5. The van der Waals surface area contributed by atoms with E-state index in [1.807, 2.05) is 24.3 Å². The second kappa shape index (κ2) is 11.0. The van der Waals surface area contributed by atoms with Gasteiger partial charge in [0.15, 0.2) is 0 Å². The Morgan fingerprint density at radius 1 is 0.893 bits per heavy atom. The minimum atomic E-state index is 0.576. The van der Waals surface area contributed by atoms with Crippen LogP contribution in [0.1, 0.15) is 29.2 Å². The molecule has 4 rings (SSSR count). The van der Waals surface area contributed by atoms with E-state index in [0.29, 0.717) is 6.04 Å². The van der Waals surface area contributed by atoms with Crippen LogP contribution in [0.5, 0.6) is 0 Å². The monoisotopic (exact) mass is 392 g/mol. The maximum absolute atomic E-state index is 5.92. The van der Waals surface area contributed by atoms with Crippen LogP contribution < -0.4 is 10.6 Å². The summed E-state index contributed by atoms with van der Waals surface area (Å²) >= 11 is 5.92. The van der Waals surface area contributed by atoms with E-state index in [1.54, 1.807) is 0 Å². The topological polar surface area (TPSA) is 24.1 Å². The van der Waals surface area contributed by atoms with E-state index in [4.69, 9.17) is 11.6 Å². The van der Waals surface area contributed by atoms with E-state index in [9.17, 15) is 0 Å². The van der Waals surface area contributed by atoms with Gasteiger partial charge >= 0.3 is 0 Å². The number of benzene rings is 3. The van der Waals surface area contributed by atoms with Crippen LogP contribution >= 0.6 is 11.6 Å². The van der Waals surface area contributed by atoms with E-state index < -0.39 is 0 Å². The zero-order chi connectivity index (χ0) is 19.6. The van der Waals surface area contributed by atoms with E-state index in [-0.39, 0.29) is 0 Å². The van der Waals surface area contributed by atoms with Crippen molar-refractivity contribution >= 4 is 11.6 Å². The molecule has 0 spiro atoms. The average molecular weight is 393 g/mol. The molecule has 0 saturated carbocycles. The Hall–Kier alpha value is -2.13. The van der Waals surface area contributed by atoms with Crippen molar-refractivity contribution in [3.8, 4) is 0 Å². The normalized spacial score (nSPS) is 15.3. The highest BCUT2D eigenvalue weighted by Crippen LogP contribution is 2.18. The lowest BCUT2D eigenvalue weighted by atomic mass is 9.92. The molecule has 0 radical (unpaired) electrons. The Balaban J connectivity index is 0.000000178. The molecule has 1 unspecified atom stereocenters. The van der Waals surface area contributed by atoms with Gasteiger partial charge in [-0.3, -0.25) is 0 Å². The standard InChI is InChI=1S/C16H17N.C9H12ClN/c1-2-6-13(7-3-1)10-16-11-14-8-4-5-9-15(14)12-17-16;1-2-11-7-8-5-3-4-6-9(8)10/h1-9,16-17H,10-12H2;3-6,11H,2,7H2,1H3. The smallest absolute Gasteiger partial charge is 0.0450 e. The van der Waals surface area contributed by atoms with E-state index >= 15 is 0 Å². The highest BCUT2D eigenvalue weighted by atomic mass is 35.5. The molecule has 3 aromatic carbocycles. The van der Waals surface area contributed by atoms with Gasteiger partial charge in [0.25, 0.3) is 0 Å². The maximum Gasteiger partial charge on any atom is 0.0450 e. The van der Waals surface area contributed by atoms with Gasteiger partial charge < -0.3 is 10.6 Å². The molecule has 0 fully saturated rings. The second-order valence-corrected chi connectivity index (χ2v) is 7.52. The fourth-order valence-corrected chi connectivity index (χ4v) is 3.67. The van der Waals surface area contributed by atoms with E-state index in [2.05, 4.69) is 72.2 Å². The first kappa shape index (κ1) is 20.6. The first-order valence-electron chi connectivity index (χ1n) is 10.0. The number of hydrogen-bond acceptors (Lipinski definition) is 2. The maximum atomic E-state index is 5.92. The summed E-state index contributed by atoms with van der Waals surface area (Å²) in [6.45, 7) is 4.92. The van der Waals surface area contributed by atoms with Crippen LogP contribution in [-0.2, 0) is 25.9 Å². The Labute approximate surface area is 174 Å². The van der Waals surface area contributed by atoms with Crippen LogP contribution in [-0.4, -0.2) is 12.6 Å². The summed E-state index contributed by atoms with van der Waals surface area (Å²) in [7, 11) is 0. The molecule has 0 bridgehead atoms. The largest absolute Gasteiger partial charge is 0.313 e. The van der Waals surface area contributed by atoms with Gasteiger partial charge in [-0.1, -0.05) is 91.3 Å². The van der Waals surface area contributed by atoms with Crippen molar-refractivity contribution in [3.05, 3.63) is 106 Å². The predicted molar refractivity (Wildman–Crippen MR) is 120 cm³/mol. The van der Waals surface area contributed by atoms with Gasteiger partial charge in [-0.25, -0.2) is 0 Å². The molecule has 0 aromatic heterocycles. The summed E-state index contributed by atoms with van der Waals surface area (Å²) in [5, 5.41) is 7.69. The summed E-state index contributed by atoms with van der Waals surface area (Å²) in [5.74, 6) is 0. The van der Waals surface area contributed by atoms with Crippen LogP contribution in [0, 0.1) is 0 Å². The molecule has 0 saturated heterocycles. The van der Waals surface area contributed by atoms with Gasteiger partial charge in [0.2, 0.25) is 0 Å². The zero-order valence-corrected chi connectivity index (χ0v) is 17.3. The Morgan fingerprint density at radius 3 is 2.32 bits per heavy atom. The van der Waals surface area contributed by atoms with Crippen LogP contribution in [0.25, 0.3) is 0 Å². The van der Waals surface area contributed by atoms with E-state index in [1.165, 1.54) is 16.7 Å². The highest BCUT2D eigenvalue weighted by molar-refractivity contribution is 6.31. The Bertz CT molecular complexity index is 848. The van der Waals surface area contributed by atoms with Crippen LogP contribution in [0.2, 0.25) is 5.02 Å². The molecular weight excluding hydrogens is 364 g/mol. The minimum absolute atomic E-state index is 0.576. The summed E-state index contributed by atoms with van der Waals surface area (Å²) < 4.78 is 0. The molecule has 2 N–H and O–H groups in total. The molecule has 1 heterocycles. The first-order valence-corrected chi connectivity index (χ1v) is 10.4. The third kappa shape index (κ3) is 6.20. The van der Waals surface area contributed by atoms with Gasteiger partial charge in [0.05, 0.1) is 0 Å². The van der Waals surface area contributed by atoms with Gasteiger partial charge in [0.1, 0.15) is 0 Å². The fourth-order valence-electron chi connectivity index (χ4n) is 3.47. The van der Waals surface area contributed by atoms with Crippen molar-refractivity contribution in [3.63, 3.8) is 0 Å². The zero-order valence-electron chi connectivity index (χ0n) is 16.5. The number of nitrogens with one attached hydrogen (secondary N) is 2. The van der Waals surface area contributed by atoms with Crippen molar-refractivity contribution in [2.75, 3.05) is 6.54 Å². The lowest BCUT2D eigenvalue weighted by molar-refractivity contribution is 0.477. The summed E-state index contributed by atoms with van der Waals surface area (Å²) in [6, 6.07) is 27.9. The Morgan fingerprint density at radius 2 is 1.57 bits per heavy atom. The predicted octanol–water partition coefficient (Wildman–Crippen LogP) is 5.39. The average Bonchev–Trinajstić information content (AvgIpc) is 2.74. The molecule has 0 amide bonds. The van der Waals surface area contributed by atoms with Gasteiger partial charge in [-0.05, 0) is 47.7 Å². The molecule has 1 atom stereocenters. The third-order valence-electron chi connectivity index (χ3n) is 5.01. The van der Waals surface area contributed by atoms with Crippen molar-refractivity contribution in [2.24, 2.45) is 0 Å². The highest BCUT2D eigenvalue weighted by Gasteiger charge is 2.17. The van der Waals surface area contributed by atoms with Crippen molar-refractivity contribution in [1.29, 1.82) is 0 Å². The van der Waals surface area contributed by atoms with Gasteiger partial charge in [-0.15, -0.1) is 0 Å². The molecule has 3 aromatic rings. The molecule has 28 heavy (non-hydrogen) atoms. The Kier molecular flexibility index (Phi) is 8.10. The minimum Gasteiger partial charge on any atom is -0.313 e. The molecule has 1 aliphatic heterocycles. The van der Waals surface area contributed by atoms with Crippen LogP contribution in [0.15, 0.2) is 78.9 Å². The summed E-state index contributed by atoms with van der Waals surface area (Å²) in [4.78, 5) is 0. The number of halogens is 1. The molecular formula is C25H29ClN2. The van der Waals surface area contributed by atoms with Crippen molar-refractivity contribution in [1.82, 2.24) is 10.6 Å². The molecule has 3 heteroatoms. The third-order valence-corrected chi connectivity index (χ3v) is 5.38. The SMILES string of the molecule is CCNCc1ccccc1Cl.c1ccc(CC2Cc3ccccc3CN2)cc1. The van der Waals surface area contributed by atoms with Crippen LogP contribution in [0.4, 0.5) is 0 Å². The molecule has 0 aliphatic carbocycles. The lowest BCUT2D eigenvalue weighted by Crippen LogP contribution is -2.37. The van der Waals surface area contributed by atoms with Crippen molar-refractivity contribution in [2.45, 2.75) is 38.9 Å². The number of fused-ring (bicyclic) bond motifs is 1. The molecule has 146 valence electrons. The summed E-state index contributed by atoms with van der Waals surface area (Å²) in [5.41, 5.74) is 5.55. The molecule has 2 nitrogen and oxygen atoms in total. The summed E-state index contributed by atoms with van der Waals surface area (Å²) in [6.07, 6.45) is 2.26. The van der Waals surface area contributed by atoms with Gasteiger partial charge in [-0.2, -0.15) is 0 Å². The van der Waals surface area contributed by atoms with E-state index in [0.717, 1.165) is 43.1 Å². The number of hydrogen-bond donors (Lipinski definition) is 2. The quantitative estimate of drug-likeness (QED) is 0.608. The lowest BCUT2D eigenvalue weighted by Gasteiger charge is -2.26.